The van der Waals surface area contributed by atoms with E-state index in [1.54, 1.807) is 0 Å². The first kappa shape index (κ1) is 19.4. The number of amides is 1. The molecule has 2 heterocycles. The summed E-state index contributed by atoms with van der Waals surface area (Å²) in [4.78, 5) is 18.7. The molecule has 0 aliphatic carbocycles. The van der Waals surface area contributed by atoms with Gasteiger partial charge in [0.05, 0.1) is 17.5 Å². The average Bonchev–Trinajstić information content (AvgIpc) is 2.97. The van der Waals surface area contributed by atoms with Crippen molar-refractivity contribution in [2.75, 3.05) is 16.4 Å². The monoisotopic (exact) mass is 394 g/mol. The first-order chi connectivity index (χ1) is 12.2. The molecule has 0 unspecified atom stereocenters. The van der Waals surface area contributed by atoms with Gasteiger partial charge in [-0.15, -0.1) is 0 Å². The second-order valence-electron chi connectivity index (χ2n) is 7.77. The highest BCUT2D eigenvalue weighted by atomic mass is 32.2. The lowest BCUT2D eigenvalue weighted by Gasteiger charge is -2.28. The average molecular weight is 395 g/mol. The minimum atomic E-state index is -3.05. The van der Waals surface area contributed by atoms with Crippen LogP contribution in [0.3, 0.4) is 0 Å². The molecule has 1 amide bonds. The second kappa shape index (κ2) is 7.35. The molecule has 2 saturated heterocycles. The van der Waals surface area contributed by atoms with Gasteiger partial charge in [-0.2, -0.15) is 4.99 Å². The van der Waals surface area contributed by atoms with Crippen molar-refractivity contribution in [1.82, 2.24) is 0 Å². The van der Waals surface area contributed by atoms with Gasteiger partial charge in [0.2, 0.25) is 5.91 Å². The number of amidine groups is 1. The number of para-hydroxylation sites is 1. The van der Waals surface area contributed by atoms with E-state index < -0.39 is 9.84 Å². The van der Waals surface area contributed by atoms with Crippen molar-refractivity contribution in [3.8, 4) is 0 Å². The third-order valence-electron chi connectivity index (χ3n) is 4.69. The zero-order valence-corrected chi connectivity index (χ0v) is 17.3. The van der Waals surface area contributed by atoms with Crippen molar-refractivity contribution < 1.29 is 13.2 Å². The Kier molecular flexibility index (Phi) is 5.49. The van der Waals surface area contributed by atoms with Crippen molar-refractivity contribution in [2.24, 2.45) is 10.9 Å². The van der Waals surface area contributed by atoms with Gasteiger partial charge in [0.15, 0.2) is 15.0 Å². The van der Waals surface area contributed by atoms with Gasteiger partial charge in [-0.05, 0) is 23.5 Å². The van der Waals surface area contributed by atoms with E-state index in [0.717, 1.165) is 11.3 Å². The molecule has 2 atom stereocenters. The first-order valence-electron chi connectivity index (χ1n) is 9.04. The number of hydrogen-bond acceptors (Lipinski definition) is 4. The maximum Gasteiger partial charge on any atom is 0.248 e. The van der Waals surface area contributed by atoms with Crippen LogP contribution in [0.25, 0.3) is 0 Å². The summed E-state index contributed by atoms with van der Waals surface area (Å²) in [5.41, 5.74) is 2.11. The van der Waals surface area contributed by atoms with Crippen molar-refractivity contribution in [3.63, 3.8) is 0 Å². The fraction of sp³-hybridized carbons (Fsp3) is 0.579. The van der Waals surface area contributed by atoms with E-state index in [1.807, 2.05) is 36.9 Å². The number of anilines is 1. The van der Waals surface area contributed by atoms with Gasteiger partial charge < -0.3 is 4.90 Å². The number of sulfone groups is 1. The Bertz CT molecular complexity index is 831. The summed E-state index contributed by atoms with van der Waals surface area (Å²) in [7, 11) is -3.05. The topological polar surface area (TPSA) is 66.8 Å². The van der Waals surface area contributed by atoms with Crippen LogP contribution in [-0.4, -0.2) is 42.3 Å². The highest BCUT2D eigenvalue weighted by Gasteiger charge is 2.49. The van der Waals surface area contributed by atoms with Crippen LogP contribution >= 0.6 is 11.8 Å². The molecule has 0 bridgehead atoms. The molecule has 1 aromatic carbocycles. The molecule has 0 saturated carbocycles. The summed E-state index contributed by atoms with van der Waals surface area (Å²) < 4.78 is 24.3. The number of hydrogen-bond donors (Lipinski definition) is 0. The standard InChI is InChI=1S/C19H26N2O3S2/c1-12(2)9-18(22)20-19-21(15-8-6-5-7-14(15)13(3)4)16-10-26(23,24)11-17(16)25-19/h5-8,12-13,16-17H,9-11H2,1-4H3/t16-,17+/m0/s1. The number of nitrogens with zero attached hydrogens (tertiary/aromatic N) is 2. The van der Waals surface area contributed by atoms with Crippen LogP contribution in [-0.2, 0) is 14.6 Å². The van der Waals surface area contributed by atoms with Crippen LogP contribution in [0.4, 0.5) is 5.69 Å². The summed E-state index contributed by atoms with van der Waals surface area (Å²) in [5.74, 6) is 0.668. The largest absolute Gasteiger partial charge is 0.315 e. The van der Waals surface area contributed by atoms with E-state index in [1.165, 1.54) is 11.8 Å². The Morgan fingerprint density at radius 1 is 1.23 bits per heavy atom. The Balaban J connectivity index is 2.04. The van der Waals surface area contributed by atoms with Gasteiger partial charge in [0.25, 0.3) is 0 Å². The van der Waals surface area contributed by atoms with Crippen LogP contribution in [0.2, 0.25) is 0 Å². The number of thioether (sulfide) groups is 1. The number of rotatable bonds is 4. The fourth-order valence-electron chi connectivity index (χ4n) is 3.54. The van der Waals surface area contributed by atoms with Crippen molar-refractivity contribution in [3.05, 3.63) is 29.8 Å². The lowest BCUT2D eigenvalue weighted by molar-refractivity contribution is -0.118. The predicted octanol–water partition coefficient (Wildman–Crippen LogP) is 3.46. The van der Waals surface area contributed by atoms with Crippen LogP contribution < -0.4 is 4.90 Å². The molecular weight excluding hydrogens is 368 g/mol. The van der Waals surface area contributed by atoms with Gasteiger partial charge in [-0.25, -0.2) is 8.42 Å². The molecule has 2 aliphatic heterocycles. The Labute approximate surface area is 160 Å². The molecule has 142 valence electrons. The molecule has 0 N–H and O–H groups in total. The highest BCUT2D eigenvalue weighted by Crippen LogP contribution is 2.43. The molecule has 1 aromatic rings. The second-order valence-corrected chi connectivity index (χ2v) is 11.1. The molecule has 0 aromatic heterocycles. The van der Waals surface area contributed by atoms with Crippen LogP contribution in [0.5, 0.6) is 0 Å². The third-order valence-corrected chi connectivity index (χ3v) is 7.90. The highest BCUT2D eigenvalue weighted by molar-refractivity contribution is 8.16. The molecule has 26 heavy (non-hydrogen) atoms. The smallest absolute Gasteiger partial charge is 0.248 e. The fourth-order valence-corrected chi connectivity index (χ4v) is 7.47. The van der Waals surface area contributed by atoms with Gasteiger partial charge >= 0.3 is 0 Å². The lowest BCUT2D eigenvalue weighted by Crippen LogP contribution is -2.38. The van der Waals surface area contributed by atoms with Crippen LogP contribution in [0.15, 0.2) is 29.3 Å². The maximum atomic E-state index is 12.3. The van der Waals surface area contributed by atoms with Crippen molar-refractivity contribution in [2.45, 2.75) is 51.3 Å². The number of fused-ring (bicyclic) bond motifs is 1. The van der Waals surface area contributed by atoms with Crippen LogP contribution in [0.1, 0.15) is 45.6 Å². The molecule has 0 spiro atoms. The maximum absolute atomic E-state index is 12.3. The minimum Gasteiger partial charge on any atom is -0.315 e. The van der Waals surface area contributed by atoms with E-state index in [0.29, 0.717) is 17.5 Å². The Hall–Kier alpha value is -1.34. The SMILES string of the molecule is CC(C)CC(=O)N=C1S[C@@H]2CS(=O)(=O)C[C@@H]2N1c1ccccc1C(C)C. The molecule has 2 aliphatic rings. The zero-order chi connectivity index (χ0) is 19.1. The molecular formula is C19H26N2O3S2. The van der Waals surface area contributed by atoms with E-state index in [4.69, 9.17) is 0 Å². The van der Waals surface area contributed by atoms with Gasteiger partial charge in [-0.1, -0.05) is 57.7 Å². The third kappa shape index (κ3) is 3.98. The van der Waals surface area contributed by atoms with Gasteiger partial charge in [0, 0.05) is 17.4 Å². The minimum absolute atomic E-state index is 0.0641. The molecule has 2 fully saturated rings. The van der Waals surface area contributed by atoms with E-state index in [-0.39, 0.29) is 34.6 Å². The summed E-state index contributed by atoms with van der Waals surface area (Å²) in [5, 5.41) is 0.583. The quantitative estimate of drug-likeness (QED) is 0.782. The number of aliphatic imine (C=N–C) groups is 1. The summed E-state index contributed by atoms with van der Waals surface area (Å²) in [6, 6.07) is 7.86. The van der Waals surface area contributed by atoms with Crippen LogP contribution in [0, 0.1) is 5.92 Å². The number of carbonyl (C=O) groups is 1. The summed E-state index contributed by atoms with van der Waals surface area (Å²) in [6.45, 7) is 8.22. The van der Waals surface area contributed by atoms with E-state index in [2.05, 4.69) is 24.9 Å². The Morgan fingerprint density at radius 3 is 2.58 bits per heavy atom. The number of benzene rings is 1. The van der Waals surface area contributed by atoms with E-state index in [9.17, 15) is 13.2 Å². The van der Waals surface area contributed by atoms with E-state index >= 15 is 0 Å². The Morgan fingerprint density at radius 2 is 1.92 bits per heavy atom. The predicted molar refractivity (Wildman–Crippen MR) is 109 cm³/mol. The molecule has 0 radical (unpaired) electrons. The number of carbonyl (C=O) groups excluding carboxylic acids is 1. The zero-order valence-electron chi connectivity index (χ0n) is 15.7. The summed E-state index contributed by atoms with van der Waals surface area (Å²) in [6.07, 6.45) is 0.400. The lowest BCUT2D eigenvalue weighted by atomic mass is 9.99. The van der Waals surface area contributed by atoms with Gasteiger partial charge in [-0.3, -0.25) is 4.79 Å². The molecule has 7 heteroatoms. The summed E-state index contributed by atoms with van der Waals surface area (Å²) >= 11 is 1.44. The van der Waals surface area contributed by atoms with Crippen molar-refractivity contribution in [1.29, 1.82) is 0 Å². The molecule has 3 rings (SSSR count). The van der Waals surface area contributed by atoms with Gasteiger partial charge in [0.1, 0.15) is 0 Å². The van der Waals surface area contributed by atoms with Crippen molar-refractivity contribution >= 4 is 38.4 Å². The molecule has 5 nitrogen and oxygen atoms in total. The first-order valence-corrected chi connectivity index (χ1v) is 11.7. The normalized spacial score (nSPS) is 26.1.